The SMILES string of the molecule is Fc1cc(-c2ccc3[nH]ccc3c2)ccc1C(F)(F)F. The van der Waals surface area contributed by atoms with Gasteiger partial charge in [-0.3, -0.25) is 0 Å². The lowest BCUT2D eigenvalue weighted by molar-refractivity contribution is -0.139. The van der Waals surface area contributed by atoms with Crippen LogP contribution in [-0.4, -0.2) is 4.98 Å². The minimum absolute atomic E-state index is 0.415. The fourth-order valence-electron chi connectivity index (χ4n) is 2.16. The van der Waals surface area contributed by atoms with Crippen molar-refractivity contribution in [3.8, 4) is 11.1 Å². The van der Waals surface area contributed by atoms with Crippen molar-refractivity contribution in [2.24, 2.45) is 0 Å². The van der Waals surface area contributed by atoms with Gasteiger partial charge in [-0.1, -0.05) is 12.1 Å². The van der Waals surface area contributed by atoms with Crippen LogP contribution in [0.1, 0.15) is 5.56 Å². The maximum Gasteiger partial charge on any atom is 0.419 e. The number of rotatable bonds is 1. The maximum absolute atomic E-state index is 13.6. The standard InChI is InChI=1S/C15H9F4N/c16-13-8-10(1-3-12(13)15(17,18)19)9-2-4-14-11(7-9)5-6-20-14/h1-8,20H. The molecule has 0 aliphatic heterocycles. The van der Waals surface area contributed by atoms with E-state index in [4.69, 9.17) is 0 Å². The Morgan fingerprint density at radius 2 is 1.55 bits per heavy atom. The van der Waals surface area contributed by atoms with Gasteiger partial charge in [0.2, 0.25) is 0 Å². The second-order valence-electron chi connectivity index (χ2n) is 4.47. The molecule has 0 amide bonds. The summed E-state index contributed by atoms with van der Waals surface area (Å²) in [6.45, 7) is 0. The van der Waals surface area contributed by atoms with Crippen molar-refractivity contribution in [2.45, 2.75) is 6.18 Å². The van der Waals surface area contributed by atoms with Crippen molar-refractivity contribution >= 4 is 10.9 Å². The molecule has 1 N–H and O–H groups in total. The summed E-state index contributed by atoms with van der Waals surface area (Å²) in [4.78, 5) is 3.02. The van der Waals surface area contributed by atoms with E-state index in [2.05, 4.69) is 4.98 Å². The number of hydrogen-bond donors (Lipinski definition) is 1. The minimum atomic E-state index is -4.67. The highest BCUT2D eigenvalue weighted by Gasteiger charge is 2.33. The van der Waals surface area contributed by atoms with Gasteiger partial charge < -0.3 is 4.98 Å². The van der Waals surface area contributed by atoms with Gasteiger partial charge in [0.05, 0.1) is 5.56 Å². The number of fused-ring (bicyclic) bond motifs is 1. The highest BCUT2D eigenvalue weighted by Crippen LogP contribution is 2.33. The average Bonchev–Trinajstić information content (AvgIpc) is 2.84. The van der Waals surface area contributed by atoms with E-state index in [1.165, 1.54) is 6.07 Å². The van der Waals surface area contributed by atoms with E-state index in [9.17, 15) is 17.6 Å². The molecule has 0 atom stereocenters. The van der Waals surface area contributed by atoms with Gasteiger partial charge in [-0.2, -0.15) is 13.2 Å². The largest absolute Gasteiger partial charge is 0.419 e. The van der Waals surface area contributed by atoms with Crippen molar-refractivity contribution < 1.29 is 17.6 Å². The molecule has 0 saturated carbocycles. The summed E-state index contributed by atoms with van der Waals surface area (Å²) in [5.41, 5.74) is 0.758. The molecule has 5 heteroatoms. The lowest BCUT2D eigenvalue weighted by atomic mass is 10.0. The van der Waals surface area contributed by atoms with E-state index in [-0.39, 0.29) is 0 Å². The summed E-state index contributed by atoms with van der Waals surface area (Å²) in [6.07, 6.45) is -2.91. The van der Waals surface area contributed by atoms with Gasteiger partial charge in [-0.15, -0.1) is 0 Å². The lowest BCUT2D eigenvalue weighted by Gasteiger charge is -2.09. The third-order valence-electron chi connectivity index (χ3n) is 3.16. The molecule has 0 aliphatic carbocycles. The van der Waals surface area contributed by atoms with Crippen molar-refractivity contribution in [2.75, 3.05) is 0 Å². The van der Waals surface area contributed by atoms with Crippen LogP contribution in [-0.2, 0) is 6.18 Å². The van der Waals surface area contributed by atoms with Crippen LogP contribution in [0.2, 0.25) is 0 Å². The number of benzene rings is 2. The Morgan fingerprint density at radius 1 is 0.850 bits per heavy atom. The Bertz CT molecular complexity index is 771. The molecule has 0 radical (unpaired) electrons. The van der Waals surface area contributed by atoms with Crippen LogP contribution in [0.5, 0.6) is 0 Å². The Labute approximate surface area is 111 Å². The molecule has 1 heterocycles. The molecule has 0 spiro atoms. The van der Waals surface area contributed by atoms with Crippen LogP contribution < -0.4 is 0 Å². The van der Waals surface area contributed by atoms with E-state index >= 15 is 0 Å². The van der Waals surface area contributed by atoms with Gasteiger partial charge in [0.25, 0.3) is 0 Å². The van der Waals surface area contributed by atoms with E-state index in [0.29, 0.717) is 11.1 Å². The number of aromatic amines is 1. The fourth-order valence-corrected chi connectivity index (χ4v) is 2.16. The first-order chi connectivity index (χ1) is 9.45. The summed E-state index contributed by atoms with van der Waals surface area (Å²) in [6, 6.07) is 10.1. The number of nitrogens with one attached hydrogen (secondary N) is 1. The first kappa shape index (κ1) is 12.7. The predicted molar refractivity (Wildman–Crippen MR) is 68.7 cm³/mol. The van der Waals surface area contributed by atoms with Crippen molar-refractivity contribution in [3.63, 3.8) is 0 Å². The number of aromatic nitrogens is 1. The summed E-state index contributed by atoms with van der Waals surface area (Å²) in [7, 11) is 0. The van der Waals surface area contributed by atoms with Crippen LogP contribution in [0.15, 0.2) is 48.7 Å². The van der Waals surface area contributed by atoms with Crippen molar-refractivity contribution in [3.05, 3.63) is 60.0 Å². The molecule has 102 valence electrons. The molecule has 20 heavy (non-hydrogen) atoms. The molecule has 0 unspecified atom stereocenters. The van der Waals surface area contributed by atoms with Gasteiger partial charge >= 0.3 is 6.18 Å². The van der Waals surface area contributed by atoms with Crippen molar-refractivity contribution in [1.82, 2.24) is 4.98 Å². The summed E-state index contributed by atoms with van der Waals surface area (Å²) >= 11 is 0. The van der Waals surface area contributed by atoms with Crippen LogP contribution in [0.25, 0.3) is 22.0 Å². The Morgan fingerprint density at radius 3 is 2.25 bits per heavy atom. The summed E-state index contributed by atoms with van der Waals surface area (Å²) in [5, 5.41) is 0.919. The van der Waals surface area contributed by atoms with Gasteiger partial charge in [-0.25, -0.2) is 4.39 Å². The minimum Gasteiger partial charge on any atom is -0.361 e. The number of alkyl halides is 3. The highest BCUT2D eigenvalue weighted by atomic mass is 19.4. The molecule has 3 rings (SSSR count). The normalized spacial score (nSPS) is 12.0. The Kier molecular flexibility index (Phi) is 2.78. The first-order valence-corrected chi connectivity index (χ1v) is 5.89. The zero-order valence-electron chi connectivity index (χ0n) is 10.1. The lowest BCUT2D eigenvalue weighted by Crippen LogP contribution is -2.07. The quantitative estimate of drug-likeness (QED) is 0.604. The molecule has 3 aromatic rings. The van der Waals surface area contributed by atoms with Crippen LogP contribution >= 0.6 is 0 Å². The van der Waals surface area contributed by atoms with Gasteiger partial charge in [0.15, 0.2) is 0 Å². The number of halogens is 4. The highest BCUT2D eigenvalue weighted by molar-refractivity contribution is 5.85. The molecule has 2 aromatic carbocycles. The molecule has 0 fully saturated rings. The molecule has 0 aliphatic rings. The summed E-state index contributed by atoms with van der Waals surface area (Å²) < 4.78 is 51.1. The van der Waals surface area contributed by atoms with Gasteiger partial charge in [-0.05, 0) is 46.8 Å². The van der Waals surface area contributed by atoms with Gasteiger partial charge in [0, 0.05) is 11.7 Å². The Hall–Kier alpha value is -2.30. The summed E-state index contributed by atoms with van der Waals surface area (Å²) in [5.74, 6) is -1.26. The average molecular weight is 279 g/mol. The molecule has 0 saturated heterocycles. The molecule has 1 aromatic heterocycles. The smallest absolute Gasteiger partial charge is 0.361 e. The topological polar surface area (TPSA) is 15.8 Å². The molecular formula is C15H9F4N. The fraction of sp³-hybridized carbons (Fsp3) is 0.0667. The Balaban J connectivity index is 2.08. The van der Waals surface area contributed by atoms with E-state index in [1.54, 1.807) is 24.4 Å². The van der Waals surface area contributed by atoms with E-state index < -0.39 is 17.6 Å². The maximum atomic E-state index is 13.6. The van der Waals surface area contributed by atoms with Crippen molar-refractivity contribution in [1.29, 1.82) is 0 Å². The third kappa shape index (κ3) is 2.15. The zero-order valence-corrected chi connectivity index (χ0v) is 10.1. The monoisotopic (exact) mass is 279 g/mol. The molecular weight excluding hydrogens is 270 g/mol. The second-order valence-corrected chi connectivity index (χ2v) is 4.47. The zero-order chi connectivity index (χ0) is 14.3. The number of H-pyrrole nitrogens is 1. The number of hydrogen-bond acceptors (Lipinski definition) is 0. The van der Waals surface area contributed by atoms with Crippen LogP contribution in [0.3, 0.4) is 0 Å². The third-order valence-corrected chi connectivity index (χ3v) is 3.16. The molecule has 1 nitrogen and oxygen atoms in total. The second kappa shape index (κ2) is 4.37. The van der Waals surface area contributed by atoms with Gasteiger partial charge in [0.1, 0.15) is 5.82 Å². The van der Waals surface area contributed by atoms with E-state index in [0.717, 1.165) is 23.0 Å². The van der Waals surface area contributed by atoms with Crippen LogP contribution in [0, 0.1) is 5.82 Å². The van der Waals surface area contributed by atoms with E-state index in [1.807, 2.05) is 6.07 Å². The first-order valence-electron chi connectivity index (χ1n) is 5.89. The van der Waals surface area contributed by atoms with Crippen LogP contribution in [0.4, 0.5) is 17.6 Å². The molecule has 0 bridgehead atoms. The predicted octanol–water partition coefficient (Wildman–Crippen LogP) is 4.99.